The molecule has 5 aromatic carbocycles. The SMILES string of the molecule is [C-]#[N+]c1ccc2c(c1)c1ccccc1n2-c1cccc2c1C1(c3ccccc3O2)c2cccnc2-c2ncc(-n3c4ccccc4c4ccncc43)cc21. The van der Waals surface area contributed by atoms with E-state index in [2.05, 4.69) is 128 Å². The van der Waals surface area contributed by atoms with Crippen molar-refractivity contribution in [3.63, 3.8) is 0 Å². The quantitative estimate of drug-likeness (QED) is 0.169. The van der Waals surface area contributed by atoms with Crippen LogP contribution in [0.15, 0.2) is 158 Å². The van der Waals surface area contributed by atoms with Crippen LogP contribution in [-0.2, 0) is 5.41 Å². The smallest absolute Gasteiger partial charge is 0.188 e. The van der Waals surface area contributed by atoms with Crippen molar-refractivity contribution in [3.8, 4) is 34.3 Å². The zero-order valence-corrected chi connectivity index (χ0v) is 28.6. The van der Waals surface area contributed by atoms with Gasteiger partial charge in [-0.15, -0.1) is 0 Å². The molecule has 0 N–H and O–H groups in total. The summed E-state index contributed by atoms with van der Waals surface area (Å²) in [5.41, 5.74) is 11.6. The minimum atomic E-state index is -0.853. The maximum atomic E-state index is 7.78. The highest BCUT2D eigenvalue weighted by Crippen LogP contribution is 2.63. The van der Waals surface area contributed by atoms with Crippen molar-refractivity contribution in [1.82, 2.24) is 24.1 Å². The summed E-state index contributed by atoms with van der Waals surface area (Å²) in [5, 5.41) is 4.41. The van der Waals surface area contributed by atoms with Gasteiger partial charge in [-0.25, -0.2) is 4.85 Å². The predicted molar refractivity (Wildman–Crippen MR) is 212 cm³/mol. The second-order valence-corrected chi connectivity index (χ2v) is 13.9. The van der Waals surface area contributed by atoms with Crippen molar-refractivity contribution in [2.75, 3.05) is 0 Å². The van der Waals surface area contributed by atoms with Gasteiger partial charge in [0.15, 0.2) is 5.69 Å². The molecule has 12 rings (SSSR count). The van der Waals surface area contributed by atoms with E-state index in [-0.39, 0.29) is 0 Å². The molecule has 1 atom stereocenters. The maximum Gasteiger partial charge on any atom is 0.188 e. The molecule has 7 heteroatoms. The van der Waals surface area contributed by atoms with Gasteiger partial charge in [0, 0.05) is 45.2 Å². The summed E-state index contributed by atoms with van der Waals surface area (Å²) >= 11 is 0. The van der Waals surface area contributed by atoms with Crippen molar-refractivity contribution in [2.45, 2.75) is 5.41 Å². The fraction of sp³-hybridized carbons (Fsp3) is 0.0213. The number of hydrogen-bond acceptors (Lipinski definition) is 4. The summed E-state index contributed by atoms with van der Waals surface area (Å²) in [6, 6.07) is 46.2. The molecule has 0 saturated heterocycles. The molecule has 250 valence electrons. The molecule has 0 fully saturated rings. The van der Waals surface area contributed by atoms with Crippen molar-refractivity contribution in [2.24, 2.45) is 0 Å². The van der Waals surface area contributed by atoms with Crippen LogP contribution in [0.3, 0.4) is 0 Å². The van der Waals surface area contributed by atoms with Crippen molar-refractivity contribution < 1.29 is 4.74 Å². The highest BCUT2D eigenvalue weighted by Gasteiger charge is 2.54. The van der Waals surface area contributed by atoms with Crippen molar-refractivity contribution >= 4 is 49.3 Å². The summed E-state index contributed by atoms with van der Waals surface area (Å²) in [6.07, 6.45) is 7.62. The monoisotopic (exact) mass is 690 g/mol. The fourth-order valence-electron chi connectivity index (χ4n) is 9.32. The van der Waals surface area contributed by atoms with E-state index < -0.39 is 5.41 Å². The number of para-hydroxylation sites is 3. The van der Waals surface area contributed by atoms with Crippen LogP contribution in [0.4, 0.5) is 5.69 Å². The maximum absolute atomic E-state index is 7.78. The first kappa shape index (κ1) is 29.1. The Morgan fingerprint density at radius 3 is 2.15 bits per heavy atom. The van der Waals surface area contributed by atoms with Gasteiger partial charge in [0.25, 0.3) is 0 Å². The number of aromatic nitrogens is 5. The number of hydrogen-bond donors (Lipinski definition) is 0. The lowest BCUT2D eigenvalue weighted by Gasteiger charge is -2.40. The third-order valence-corrected chi connectivity index (χ3v) is 11.4. The minimum absolute atomic E-state index is 0.609. The van der Waals surface area contributed by atoms with Gasteiger partial charge in [-0.3, -0.25) is 15.0 Å². The number of rotatable bonds is 2. The molecule has 54 heavy (non-hydrogen) atoms. The largest absolute Gasteiger partial charge is 0.457 e. The molecule has 0 bridgehead atoms. The van der Waals surface area contributed by atoms with Crippen LogP contribution in [0.2, 0.25) is 0 Å². The van der Waals surface area contributed by atoms with E-state index in [0.29, 0.717) is 5.69 Å². The zero-order chi connectivity index (χ0) is 35.5. The van der Waals surface area contributed by atoms with Crippen LogP contribution in [0.1, 0.15) is 22.3 Å². The Labute approximate surface area is 308 Å². The molecule has 1 aliphatic heterocycles. The predicted octanol–water partition coefficient (Wildman–Crippen LogP) is 11.1. The Morgan fingerprint density at radius 1 is 0.537 bits per heavy atom. The average Bonchev–Trinajstić information content (AvgIpc) is 3.85. The molecule has 1 spiro atoms. The molecule has 5 aromatic heterocycles. The minimum Gasteiger partial charge on any atom is -0.457 e. The Bertz CT molecular complexity index is 3240. The highest BCUT2D eigenvalue weighted by atomic mass is 16.5. The van der Waals surface area contributed by atoms with Crippen LogP contribution >= 0.6 is 0 Å². The van der Waals surface area contributed by atoms with Gasteiger partial charge >= 0.3 is 0 Å². The Kier molecular flexibility index (Phi) is 5.65. The zero-order valence-electron chi connectivity index (χ0n) is 28.6. The average molecular weight is 691 g/mol. The second kappa shape index (κ2) is 10.5. The molecule has 2 aliphatic rings. The number of nitrogens with zero attached hydrogens (tertiary/aromatic N) is 6. The van der Waals surface area contributed by atoms with E-state index in [1.54, 1.807) is 0 Å². The Balaban J connectivity index is 1.24. The normalized spacial score (nSPS) is 15.2. The molecule has 0 radical (unpaired) electrons. The van der Waals surface area contributed by atoms with E-state index in [1.807, 2.05) is 49.1 Å². The molecule has 1 aliphatic carbocycles. The first-order valence-electron chi connectivity index (χ1n) is 17.9. The van der Waals surface area contributed by atoms with Crippen LogP contribution in [0.25, 0.3) is 71.2 Å². The molecular weight excluding hydrogens is 665 g/mol. The van der Waals surface area contributed by atoms with E-state index >= 15 is 0 Å². The molecule has 1 unspecified atom stereocenters. The number of ether oxygens (including phenoxy) is 1. The molecule has 0 saturated carbocycles. The number of fused-ring (bicyclic) bond motifs is 15. The van der Waals surface area contributed by atoms with Gasteiger partial charge in [0.05, 0.1) is 69.2 Å². The molecule has 7 nitrogen and oxygen atoms in total. The summed E-state index contributed by atoms with van der Waals surface area (Å²) < 4.78 is 11.5. The van der Waals surface area contributed by atoms with Crippen LogP contribution in [-0.4, -0.2) is 24.1 Å². The lowest BCUT2D eigenvalue weighted by molar-refractivity contribution is 0.435. The summed E-state index contributed by atoms with van der Waals surface area (Å²) in [6.45, 7) is 7.78. The van der Waals surface area contributed by atoms with Crippen LogP contribution in [0.5, 0.6) is 11.5 Å². The van der Waals surface area contributed by atoms with Gasteiger partial charge in [-0.1, -0.05) is 72.8 Å². The van der Waals surface area contributed by atoms with Crippen LogP contribution in [0, 0.1) is 6.57 Å². The van der Waals surface area contributed by atoms with Crippen LogP contribution < -0.4 is 4.74 Å². The number of pyridine rings is 3. The van der Waals surface area contributed by atoms with E-state index in [0.717, 1.165) is 100 Å². The van der Waals surface area contributed by atoms with Gasteiger partial charge in [-0.2, -0.15) is 0 Å². The summed E-state index contributed by atoms with van der Waals surface area (Å²) in [7, 11) is 0. The summed E-state index contributed by atoms with van der Waals surface area (Å²) in [5.74, 6) is 1.56. The Hall–Kier alpha value is -7.56. The number of benzene rings is 5. The standard InChI is InChI=1S/C47H26N6O/c1-48-28-19-20-39-33(24-28)31-11-3-6-15-38(31)53(39)40-16-8-18-43-44(40)47(34-12-4-7-17-42(34)54-43)35-13-9-22-50-45(35)46-36(47)25-29(26-51-46)52-37-14-5-2-10-30(37)32-21-23-49-27-41(32)52/h2-27H. The molecular formula is C47H26N6O. The third kappa shape index (κ3) is 3.56. The first-order chi connectivity index (χ1) is 26.8. The van der Waals surface area contributed by atoms with E-state index in [4.69, 9.17) is 21.3 Å². The first-order valence-corrected chi connectivity index (χ1v) is 17.9. The molecule has 6 heterocycles. The summed E-state index contributed by atoms with van der Waals surface area (Å²) in [4.78, 5) is 18.7. The lowest BCUT2D eigenvalue weighted by atomic mass is 9.65. The van der Waals surface area contributed by atoms with E-state index in [1.165, 1.54) is 0 Å². The second-order valence-electron chi connectivity index (χ2n) is 13.9. The highest BCUT2D eigenvalue weighted by molar-refractivity contribution is 6.11. The van der Waals surface area contributed by atoms with E-state index in [9.17, 15) is 0 Å². The van der Waals surface area contributed by atoms with Gasteiger partial charge < -0.3 is 13.9 Å². The van der Waals surface area contributed by atoms with Gasteiger partial charge in [0.1, 0.15) is 11.5 Å². The third-order valence-electron chi connectivity index (χ3n) is 11.4. The molecule has 10 aromatic rings. The van der Waals surface area contributed by atoms with Crippen molar-refractivity contribution in [1.29, 1.82) is 0 Å². The van der Waals surface area contributed by atoms with Gasteiger partial charge in [0.2, 0.25) is 0 Å². The topological polar surface area (TPSA) is 62.1 Å². The molecule has 0 amide bonds. The van der Waals surface area contributed by atoms with Crippen molar-refractivity contribution in [3.05, 3.63) is 192 Å². The van der Waals surface area contributed by atoms with Gasteiger partial charge in [-0.05, 0) is 71.6 Å². The lowest BCUT2D eigenvalue weighted by Crippen LogP contribution is -2.33. The Morgan fingerprint density at radius 2 is 1.26 bits per heavy atom. The fourth-order valence-corrected chi connectivity index (χ4v) is 9.32.